The Morgan fingerprint density at radius 3 is 2.33 bits per heavy atom. The Balaban J connectivity index is 1.57. The molecular weight excluding hydrogens is 524 g/mol. The number of benzene rings is 3. The number of ether oxygens (including phenoxy) is 5. The van der Waals surface area contributed by atoms with Gasteiger partial charge in [-0.1, -0.05) is 6.07 Å². The minimum absolute atomic E-state index is 0.0103. The lowest BCUT2D eigenvalue weighted by Crippen LogP contribution is -2.10. The summed E-state index contributed by atoms with van der Waals surface area (Å²) in [6.45, 7) is 3.27. The van der Waals surface area contributed by atoms with Crippen LogP contribution in [0.5, 0.6) is 23.0 Å². The van der Waals surface area contributed by atoms with Gasteiger partial charge in [-0.25, -0.2) is 14.6 Å². The molecule has 0 unspecified atom stereocenters. The van der Waals surface area contributed by atoms with Crippen molar-refractivity contribution in [1.29, 1.82) is 0 Å². The van der Waals surface area contributed by atoms with Crippen LogP contribution < -0.4 is 18.9 Å². The average molecular weight is 546 g/mol. The van der Waals surface area contributed by atoms with Crippen molar-refractivity contribution in [3.63, 3.8) is 0 Å². The van der Waals surface area contributed by atoms with E-state index in [0.29, 0.717) is 11.1 Å². The molecule has 0 fully saturated rings. The lowest BCUT2D eigenvalue weighted by atomic mass is 10.1. The molecule has 0 N–H and O–H groups in total. The topological polar surface area (TPSA) is 153 Å². The maximum atomic E-state index is 12.6. The Hall–Kier alpha value is -5.52. The number of hydrogen-bond donors (Lipinski definition) is 0. The highest BCUT2D eigenvalue weighted by molar-refractivity contribution is 6.13. The fraction of sp³-hybridized carbons (Fsp3) is 0.143. The van der Waals surface area contributed by atoms with Crippen molar-refractivity contribution >= 4 is 35.6 Å². The standard InChI is InChI=1S/C28H22N2O10/c1-4-37-25-14-17(5-11-23(25)39-27(32)18-6-9-20(10-7-18)30(34)35)13-21-28(33)40-26(29-21)19-8-12-22(38-16(2)31)24(15-19)36-3/h5-15H,4H2,1-3H3/b21-13-. The molecule has 4 rings (SSSR count). The van der Waals surface area contributed by atoms with Crippen LogP contribution in [0.4, 0.5) is 5.69 Å². The first-order valence-electron chi connectivity index (χ1n) is 11.8. The Morgan fingerprint density at radius 1 is 0.975 bits per heavy atom. The number of rotatable bonds is 9. The zero-order valence-electron chi connectivity index (χ0n) is 21.5. The molecule has 0 saturated carbocycles. The van der Waals surface area contributed by atoms with Crippen LogP contribution in [0.3, 0.4) is 0 Å². The quantitative estimate of drug-likeness (QED) is 0.123. The minimum Gasteiger partial charge on any atom is -0.493 e. The summed E-state index contributed by atoms with van der Waals surface area (Å²) in [5.41, 5.74) is 0.910. The maximum Gasteiger partial charge on any atom is 0.363 e. The van der Waals surface area contributed by atoms with Crippen LogP contribution in [-0.2, 0) is 14.3 Å². The predicted molar refractivity (Wildman–Crippen MR) is 141 cm³/mol. The lowest BCUT2D eigenvalue weighted by molar-refractivity contribution is -0.384. The second kappa shape index (κ2) is 11.9. The van der Waals surface area contributed by atoms with Gasteiger partial charge in [0.25, 0.3) is 5.69 Å². The fourth-order valence-electron chi connectivity index (χ4n) is 3.58. The molecule has 0 aromatic heterocycles. The number of hydrogen-bond acceptors (Lipinski definition) is 11. The van der Waals surface area contributed by atoms with E-state index in [1.165, 1.54) is 62.6 Å². The molecule has 0 atom stereocenters. The number of non-ortho nitro benzene ring substituents is 1. The highest BCUT2D eigenvalue weighted by atomic mass is 16.6. The van der Waals surface area contributed by atoms with Gasteiger partial charge in [-0.3, -0.25) is 14.9 Å². The Labute approximate surface area is 227 Å². The molecule has 0 amide bonds. The number of nitro benzene ring substituents is 1. The molecule has 40 heavy (non-hydrogen) atoms. The molecule has 12 heteroatoms. The van der Waals surface area contributed by atoms with Gasteiger partial charge in [-0.05, 0) is 61.0 Å². The SMILES string of the molecule is CCOc1cc(/C=C2\N=C(c3ccc(OC(C)=O)c(OC)c3)OC2=O)ccc1OC(=O)c1ccc([N+](=O)[O-])cc1. The normalized spacial score (nSPS) is 13.3. The summed E-state index contributed by atoms with van der Waals surface area (Å²) in [6.07, 6.45) is 1.48. The third-order valence-electron chi connectivity index (χ3n) is 5.37. The molecule has 0 bridgehead atoms. The molecule has 0 aliphatic carbocycles. The molecule has 1 aliphatic rings. The molecule has 3 aromatic carbocycles. The van der Waals surface area contributed by atoms with Gasteiger partial charge >= 0.3 is 17.9 Å². The fourth-order valence-corrected chi connectivity index (χ4v) is 3.58. The number of aliphatic imine (C=N–C) groups is 1. The Bertz CT molecular complexity index is 1560. The van der Waals surface area contributed by atoms with Crippen molar-refractivity contribution in [1.82, 2.24) is 0 Å². The number of nitrogens with zero attached hydrogens (tertiary/aromatic N) is 2. The van der Waals surface area contributed by atoms with E-state index in [0.717, 1.165) is 0 Å². The predicted octanol–water partition coefficient (Wildman–Crippen LogP) is 4.49. The molecule has 3 aromatic rings. The van der Waals surface area contributed by atoms with Crippen molar-refractivity contribution in [2.24, 2.45) is 4.99 Å². The molecule has 12 nitrogen and oxygen atoms in total. The summed E-state index contributed by atoms with van der Waals surface area (Å²) in [6, 6.07) is 14.2. The number of cyclic esters (lactones) is 1. The summed E-state index contributed by atoms with van der Waals surface area (Å²) in [5.74, 6) is -1.10. The zero-order chi connectivity index (χ0) is 28.8. The zero-order valence-corrected chi connectivity index (χ0v) is 21.5. The third-order valence-corrected chi connectivity index (χ3v) is 5.37. The average Bonchev–Trinajstić information content (AvgIpc) is 3.29. The number of nitro groups is 1. The van der Waals surface area contributed by atoms with Gasteiger partial charge in [0.2, 0.25) is 5.90 Å². The third kappa shape index (κ3) is 6.30. The number of esters is 3. The summed E-state index contributed by atoms with van der Waals surface area (Å²) >= 11 is 0. The highest BCUT2D eigenvalue weighted by Gasteiger charge is 2.25. The van der Waals surface area contributed by atoms with E-state index in [2.05, 4.69) is 4.99 Å². The van der Waals surface area contributed by atoms with Crippen LogP contribution >= 0.6 is 0 Å². The van der Waals surface area contributed by atoms with E-state index in [9.17, 15) is 24.5 Å². The Kier molecular flexibility index (Phi) is 8.19. The van der Waals surface area contributed by atoms with Crippen molar-refractivity contribution in [2.75, 3.05) is 13.7 Å². The second-order valence-corrected chi connectivity index (χ2v) is 8.13. The largest absolute Gasteiger partial charge is 0.493 e. The van der Waals surface area contributed by atoms with Gasteiger partial charge in [0, 0.05) is 24.6 Å². The summed E-state index contributed by atoms with van der Waals surface area (Å²) in [7, 11) is 1.41. The van der Waals surface area contributed by atoms with Crippen molar-refractivity contribution in [3.05, 3.63) is 93.2 Å². The number of methoxy groups -OCH3 is 1. The maximum absolute atomic E-state index is 12.6. The van der Waals surface area contributed by atoms with Crippen LogP contribution in [0.15, 0.2) is 71.4 Å². The molecule has 0 spiro atoms. The number of carbonyl (C=O) groups excluding carboxylic acids is 3. The summed E-state index contributed by atoms with van der Waals surface area (Å²) in [4.78, 5) is 50.9. The van der Waals surface area contributed by atoms with E-state index in [-0.39, 0.29) is 52.5 Å². The monoisotopic (exact) mass is 546 g/mol. The molecule has 1 heterocycles. The van der Waals surface area contributed by atoms with E-state index < -0.39 is 22.8 Å². The Morgan fingerprint density at radius 2 is 1.68 bits per heavy atom. The van der Waals surface area contributed by atoms with Gasteiger partial charge in [0.05, 0.1) is 24.2 Å². The lowest BCUT2D eigenvalue weighted by Gasteiger charge is -2.11. The van der Waals surface area contributed by atoms with Crippen LogP contribution in [-0.4, -0.2) is 42.4 Å². The van der Waals surface area contributed by atoms with E-state index in [1.807, 2.05) is 0 Å². The van der Waals surface area contributed by atoms with E-state index in [4.69, 9.17) is 23.7 Å². The molecule has 0 saturated heterocycles. The molecule has 0 radical (unpaired) electrons. The number of carbonyl (C=O) groups is 3. The smallest absolute Gasteiger partial charge is 0.363 e. The van der Waals surface area contributed by atoms with Gasteiger partial charge in [-0.2, -0.15) is 0 Å². The van der Waals surface area contributed by atoms with Crippen molar-refractivity contribution in [3.8, 4) is 23.0 Å². The van der Waals surface area contributed by atoms with Crippen LogP contribution in [0.25, 0.3) is 6.08 Å². The van der Waals surface area contributed by atoms with Gasteiger partial charge in [0.1, 0.15) is 0 Å². The summed E-state index contributed by atoms with van der Waals surface area (Å²) < 4.78 is 26.7. The van der Waals surface area contributed by atoms with Gasteiger partial charge in [0.15, 0.2) is 28.7 Å². The molecule has 204 valence electrons. The minimum atomic E-state index is -0.731. The molecular formula is C28H22N2O10. The van der Waals surface area contributed by atoms with Crippen LogP contribution in [0.1, 0.15) is 35.3 Å². The summed E-state index contributed by atoms with van der Waals surface area (Å²) in [5, 5.41) is 10.8. The van der Waals surface area contributed by atoms with Crippen LogP contribution in [0.2, 0.25) is 0 Å². The highest BCUT2D eigenvalue weighted by Crippen LogP contribution is 2.32. The van der Waals surface area contributed by atoms with Crippen LogP contribution in [0, 0.1) is 10.1 Å². The first-order valence-corrected chi connectivity index (χ1v) is 11.8. The van der Waals surface area contributed by atoms with E-state index in [1.54, 1.807) is 25.1 Å². The van der Waals surface area contributed by atoms with Crippen molar-refractivity contribution in [2.45, 2.75) is 13.8 Å². The first-order chi connectivity index (χ1) is 19.2. The van der Waals surface area contributed by atoms with E-state index >= 15 is 0 Å². The van der Waals surface area contributed by atoms with Crippen molar-refractivity contribution < 1.29 is 43.0 Å². The molecule has 1 aliphatic heterocycles. The van der Waals surface area contributed by atoms with Gasteiger partial charge in [-0.15, -0.1) is 0 Å². The first kappa shape index (κ1) is 27.5. The van der Waals surface area contributed by atoms with Gasteiger partial charge < -0.3 is 23.7 Å². The second-order valence-electron chi connectivity index (χ2n) is 8.13.